The molecule has 2 nitrogen and oxygen atoms in total. The van der Waals surface area contributed by atoms with Gasteiger partial charge in [-0.2, -0.15) is 0 Å². The van der Waals surface area contributed by atoms with E-state index in [1.165, 1.54) is 5.56 Å². The van der Waals surface area contributed by atoms with Crippen molar-refractivity contribution in [3.05, 3.63) is 29.6 Å². The first-order valence-electron chi connectivity index (χ1n) is 4.22. The largest absolute Gasteiger partial charge is 0.393 e. The normalized spacial score (nSPS) is 15.7. The number of aliphatic hydroxyl groups is 1. The molecular formula is C10H15NO. The number of hydrogen-bond donors (Lipinski definition) is 1. The molecule has 0 radical (unpaired) electrons. The zero-order valence-electron chi connectivity index (χ0n) is 7.78. The molecule has 2 unspecified atom stereocenters. The fourth-order valence-electron chi connectivity index (χ4n) is 1.06. The van der Waals surface area contributed by atoms with Crippen molar-refractivity contribution in [3.63, 3.8) is 0 Å². The molecule has 1 aromatic rings. The highest BCUT2D eigenvalue weighted by Gasteiger charge is 2.12. The predicted octanol–water partition coefficient (Wildman–Crippen LogP) is 1.87. The lowest BCUT2D eigenvalue weighted by molar-refractivity contribution is 0.167. The molecule has 0 aromatic carbocycles. The second-order valence-electron chi connectivity index (χ2n) is 3.29. The lowest BCUT2D eigenvalue weighted by Gasteiger charge is -2.13. The van der Waals surface area contributed by atoms with E-state index < -0.39 is 0 Å². The minimum atomic E-state index is -0.334. The van der Waals surface area contributed by atoms with E-state index in [4.69, 9.17) is 0 Å². The lowest BCUT2D eigenvalue weighted by atomic mass is 10.0. The van der Waals surface area contributed by atoms with Gasteiger partial charge in [0.15, 0.2) is 0 Å². The maximum Gasteiger partial charge on any atom is 0.0593 e. The summed E-state index contributed by atoms with van der Waals surface area (Å²) < 4.78 is 0. The van der Waals surface area contributed by atoms with Crippen molar-refractivity contribution < 1.29 is 5.11 Å². The van der Waals surface area contributed by atoms with Crippen LogP contribution < -0.4 is 0 Å². The van der Waals surface area contributed by atoms with E-state index >= 15 is 0 Å². The summed E-state index contributed by atoms with van der Waals surface area (Å²) in [6, 6.07) is 3.97. The molecule has 1 aromatic heterocycles. The minimum Gasteiger partial charge on any atom is -0.393 e. The zero-order chi connectivity index (χ0) is 9.14. The van der Waals surface area contributed by atoms with Crippen molar-refractivity contribution in [1.29, 1.82) is 0 Å². The third kappa shape index (κ3) is 2.05. The molecule has 12 heavy (non-hydrogen) atoms. The van der Waals surface area contributed by atoms with E-state index in [1.54, 1.807) is 13.1 Å². The molecule has 0 aliphatic rings. The summed E-state index contributed by atoms with van der Waals surface area (Å²) in [5, 5.41) is 9.33. The maximum absolute atomic E-state index is 9.33. The van der Waals surface area contributed by atoms with Crippen molar-refractivity contribution in [2.75, 3.05) is 0 Å². The van der Waals surface area contributed by atoms with E-state index in [9.17, 15) is 5.11 Å². The van der Waals surface area contributed by atoms with Gasteiger partial charge in [0.05, 0.1) is 6.10 Å². The number of pyridine rings is 1. The van der Waals surface area contributed by atoms with Crippen LogP contribution in [-0.4, -0.2) is 16.2 Å². The number of rotatable bonds is 2. The van der Waals surface area contributed by atoms with Crippen molar-refractivity contribution >= 4 is 0 Å². The molecule has 0 spiro atoms. The van der Waals surface area contributed by atoms with Gasteiger partial charge in [-0.1, -0.05) is 6.92 Å². The highest BCUT2D eigenvalue weighted by atomic mass is 16.3. The van der Waals surface area contributed by atoms with Crippen LogP contribution in [0.1, 0.15) is 31.0 Å². The van der Waals surface area contributed by atoms with Gasteiger partial charge in [0, 0.05) is 17.8 Å². The van der Waals surface area contributed by atoms with Crippen LogP contribution in [0.15, 0.2) is 18.3 Å². The van der Waals surface area contributed by atoms with E-state index in [0.717, 1.165) is 5.69 Å². The third-order valence-electron chi connectivity index (χ3n) is 2.13. The van der Waals surface area contributed by atoms with Gasteiger partial charge in [-0.25, -0.2) is 0 Å². The maximum atomic E-state index is 9.33. The average molecular weight is 165 g/mol. The number of aliphatic hydroxyl groups excluding tert-OH is 1. The molecule has 1 N–H and O–H groups in total. The first-order chi connectivity index (χ1) is 5.61. The van der Waals surface area contributed by atoms with Crippen LogP contribution in [0, 0.1) is 6.92 Å². The van der Waals surface area contributed by atoms with Crippen molar-refractivity contribution in [1.82, 2.24) is 4.98 Å². The van der Waals surface area contributed by atoms with Gasteiger partial charge in [-0.3, -0.25) is 4.98 Å². The first-order valence-corrected chi connectivity index (χ1v) is 4.22. The van der Waals surface area contributed by atoms with Crippen LogP contribution in [0.4, 0.5) is 0 Å². The van der Waals surface area contributed by atoms with E-state index in [2.05, 4.69) is 4.98 Å². The molecule has 0 saturated heterocycles. The Hall–Kier alpha value is -0.890. The average Bonchev–Trinajstić information content (AvgIpc) is 2.03. The first kappa shape index (κ1) is 9.20. The summed E-state index contributed by atoms with van der Waals surface area (Å²) in [5.74, 6) is 0.116. The Kier molecular flexibility index (Phi) is 2.82. The molecular weight excluding hydrogens is 150 g/mol. The minimum absolute atomic E-state index is 0.116. The van der Waals surface area contributed by atoms with Gasteiger partial charge in [-0.05, 0) is 31.5 Å². The molecule has 2 heteroatoms. The second kappa shape index (κ2) is 3.68. The van der Waals surface area contributed by atoms with Gasteiger partial charge in [0.1, 0.15) is 0 Å². The molecule has 0 fully saturated rings. The Morgan fingerprint density at radius 3 is 2.58 bits per heavy atom. The number of aryl methyl sites for hydroxylation is 1. The molecule has 1 heterocycles. The quantitative estimate of drug-likeness (QED) is 0.725. The van der Waals surface area contributed by atoms with Gasteiger partial charge in [0.2, 0.25) is 0 Å². The van der Waals surface area contributed by atoms with Gasteiger partial charge >= 0.3 is 0 Å². The van der Waals surface area contributed by atoms with E-state index in [0.29, 0.717) is 0 Å². The topological polar surface area (TPSA) is 33.1 Å². The summed E-state index contributed by atoms with van der Waals surface area (Å²) in [7, 11) is 0. The third-order valence-corrected chi connectivity index (χ3v) is 2.13. The molecule has 0 aliphatic heterocycles. The van der Waals surface area contributed by atoms with E-state index in [-0.39, 0.29) is 12.0 Å². The fourth-order valence-corrected chi connectivity index (χ4v) is 1.06. The smallest absolute Gasteiger partial charge is 0.0593 e. The van der Waals surface area contributed by atoms with Crippen molar-refractivity contribution in [3.8, 4) is 0 Å². The summed E-state index contributed by atoms with van der Waals surface area (Å²) in [6.07, 6.45) is 1.45. The van der Waals surface area contributed by atoms with Crippen LogP contribution in [-0.2, 0) is 0 Å². The predicted molar refractivity (Wildman–Crippen MR) is 49.1 cm³/mol. The van der Waals surface area contributed by atoms with Gasteiger partial charge in [0.25, 0.3) is 0 Å². The molecule has 2 atom stereocenters. The Morgan fingerprint density at radius 1 is 1.42 bits per heavy atom. The molecule has 1 rings (SSSR count). The monoisotopic (exact) mass is 165 g/mol. The van der Waals surface area contributed by atoms with Crippen LogP contribution in [0.3, 0.4) is 0 Å². The number of aromatic nitrogens is 1. The summed E-state index contributed by atoms with van der Waals surface area (Å²) >= 11 is 0. The fraction of sp³-hybridized carbons (Fsp3) is 0.500. The molecule has 0 saturated carbocycles. The van der Waals surface area contributed by atoms with Crippen molar-refractivity contribution in [2.24, 2.45) is 0 Å². The van der Waals surface area contributed by atoms with Crippen LogP contribution in [0.25, 0.3) is 0 Å². The Labute approximate surface area is 73.3 Å². The second-order valence-corrected chi connectivity index (χ2v) is 3.29. The molecule has 0 bridgehead atoms. The Bertz CT molecular complexity index is 258. The summed E-state index contributed by atoms with van der Waals surface area (Å²) in [4.78, 5) is 4.20. The summed E-state index contributed by atoms with van der Waals surface area (Å²) in [6.45, 7) is 5.79. The highest BCUT2D eigenvalue weighted by Crippen LogP contribution is 2.16. The van der Waals surface area contributed by atoms with Crippen LogP contribution >= 0.6 is 0 Å². The number of hydrogen-bond acceptors (Lipinski definition) is 2. The molecule has 0 amide bonds. The summed E-state index contributed by atoms with van der Waals surface area (Å²) in [5.41, 5.74) is 2.15. The van der Waals surface area contributed by atoms with Crippen LogP contribution in [0.5, 0.6) is 0 Å². The van der Waals surface area contributed by atoms with Gasteiger partial charge in [-0.15, -0.1) is 0 Å². The van der Waals surface area contributed by atoms with E-state index in [1.807, 2.05) is 26.0 Å². The Morgan fingerprint density at radius 2 is 2.08 bits per heavy atom. The molecule has 66 valence electrons. The van der Waals surface area contributed by atoms with Crippen LogP contribution in [0.2, 0.25) is 0 Å². The SMILES string of the molecule is Cc1ccnc(C(C)C(C)O)c1. The molecule has 0 aliphatic carbocycles. The Balaban J connectivity index is 2.88. The highest BCUT2D eigenvalue weighted by molar-refractivity contribution is 5.17. The van der Waals surface area contributed by atoms with Gasteiger partial charge < -0.3 is 5.11 Å². The van der Waals surface area contributed by atoms with Crippen molar-refractivity contribution in [2.45, 2.75) is 32.8 Å². The standard InChI is InChI=1S/C10H15NO/c1-7-4-5-11-10(6-7)8(2)9(3)12/h4-6,8-9,12H,1-3H3. The zero-order valence-corrected chi connectivity index (χ0v) is 7.78. The number of nitrogens with zero attached hydrogens (tertiary/aromatic N) is 1. The lowest BCUT2D eigenvalue weighted by Crippen LogP contribution is -2.12.